The zero-order valence-electron chi connectivity index (χ0n) is 11.0. The van der Waals surface area contributed by atoms with E-state index >= 15 is 0 Å². The number of benzene rings is 1. The Morgan fingerprint density at radius 1 is 1.35 bits per heavy atom. The van der Waals surface area contributed by atoms with Crippen LogP contribution in [-0.2, 0) is 16.6 Å². The lowest BCUT2D eigenvalue weighted by Gasteiger charge is -2.10. The van der Waals surface area contributed by atoms with Gasteiger partial charge in [0.15, 0.2) is 0 Å². The quantitative estimate of drug-likeness (QED) is 0.833. The van der Waals surface area contributed by atoms with E-state index in [1.165, 1.54) is 13.0 Å². The zero-order chi connectivity index (χ0) is 14.9. The van der Waals surface area contributed by atoms with Crippen molar-refractivity contribution < 1.29 is 17.3 Å². The molecule has 0 fully saturated rings. The number of nitrogens with zero attached hydrogens (tertiary/aromatic N) is 1. The molecule has 8 heteroatoms. The van der Waals surface area contributed by atoms with E-state index in [2.05, 4.69) is 9.88 Å². The van der Waals surface area contributed by atoms with Crippen molar-refractivity contribution in [1.29, 1.82) is 0 Å². The van der Waals surface area contributed by atoms with Gasteiger partial charge in [0.1, 0.15) is 11.6 Å². The lowest BCUT2D eigenvalue weighted by Crippen LogP contribution is -2.24. The number of nitrogens with two attached hydrogens (primary N) is 1. The first-order valence-corrected chi connectivity index (χ1v) is 7.25. The minimum absolute atomic E-state index is 0.0167. The second-order valence-electron chi connectivity index (χ2n) is 4.38. The van der Waals surface area contributed by atoms with E-state index in [0.717, 1.165) is 6.07 Å². The molecular weight excluding hydrogens is 285 g/mol. The molecule has 1 aromatic carbocycles. The molecule has 0 amide bonds. The highest BCUT2D eigenvalue weighted by atomic mass is 32.2. The van der Waals surface area contributed by atoms with E-state index < -0.39 is 15.8 Å². The molecule has 0 atom stereocenters. The van der Waals surface area contributed by atoms with Crippen molar-refractivity contribution in [2.75, 3.05) is 5.73 Å². The summed E-state index contributed by atoms with van der Waals surface area (Å²) >= 11 is 0. The molecule has 0 aliphatic carbocycles. The Morgan fingerprint density at radius 2 is 2.05 bits per heavy atom. The van der Waals surface area contributed by atoms with Gasteiger partial charge in [0.2, 0.25) is 10.0 Å². The molecule has 3 N–H and O–H groups in total. The fourth-order valence-electron chi connectivity index (χ4n) is 1.70. The largest absolute Gasteiger partial charge is 0.399 e. The molecule has 108 valence electrons. The summed E-state index contributed by atoms with van der Waals surface area (Å²) in [6.07, 6.45) is 0. The summed E-state index contributed by atoms with van der Waals surface area (Å²) in [6, 6.07) is 3.90. The van der Waals surface area contributed by atoms with Gasteiger partial charge in [0.05, 0.1) is 17.1 Å². The molecule has 0 unspecified atom stereocenters. The minimum Gasteiger partial charge on any atom is -0.399 e. The highest BCUT2D eigenvalue weighted by molar-refractivity contribution is 7.89. The Hall–Kier alpha value is -1.93. The number of nitrogen functional groups attached to an aromatic ring is 1. The summed E-state index contributed by atoms with van der Waals surface area (Å²) in [5.74, 6) is -0.0898. The fourth-order valence-corrected chi connectivity index (χ4v) is 2.99. The Morgan fingerprint density at radius 3 is 2.65 bits per heavy atom. The van der Waals surface area contributed by atoms with Gasteiger partial charge >= 0.3 is 0 Å². The smallest absolute Gasteiger partial charge is 0.241 e. The number of anilines is 1. The third-order valence-electron chi connectivity index (χ3n) is 2.73. The van der Waals surface area contributed by atoms with Crippen LogP contribution in [0.1, 0.15) is 17.0 Å². The van der Waals surface area contributed by atoms with Crippen molar-refractivity contribution in [3.8, 4) is 0 Å². The van der Waals surface area contributed by atoms with Gasteiger partial charge in [-0.2, -0.15) is 0 Å². The molecule has 1 aromatic heterocycles. The van der Waals surface area contributed by atoms with E-state index in [4.69, 9.17) is 10.3 Å². The summed E-state index contributed by atoms with van der Waals surface area (Å²) in [7, 11) is -3.88. The molecule has 0 bridgehead atoms. The van der Waals surface area contributed by atoms with Crippen LogP contribution in [0.4, 0.5) is 10.1 Å². The highest BCUT2D eigenvalue weighted by Gasteiger charge is 2.20. The van der Waals surface area contributed by atoms with Crippen LogP contribution >= 0.6 is 0 Å². The van der Waals surface area contributed by atoms with Gasteiger partial charge in [-0.05, 0) is 26.0 Å². The molecule has 20 heavy (non-hydrogen) atoms. The van der Waals surface area contributed by atoms with Gasteiger partial charge < -0.3 is 10.3 Å². The molecular formula is C12H14FN3O3S. The number of hydrogen-bond acceptors (Lipinski definition) is 5. The van der Waals surface area contributed by atoms with Crippen LogP contribution < -0.4 is 10.5 Å². The van der Waals surface area contributed by atoms with Crippen LogP contribution in [0, 0.1) is 19.7 Å². The third-order valence-corrected chi connectivity index (χ3v) is 4.26. The summed E-state index contributed by atoms with van der Waals surface area (Å²) in [5.41, 5.74) is 5.98. The van der Waals surface area contributed by atoms with E-state index in [-0.39, 0.29) is 22.7 Å². The molecule has 2 rings (SSSR count). The van der Waals surface area contributed by atoms with Gasteiger partial charge in [-0.3, -0.25) is 0 Å². The number of sulfonamides is 1. The summed E-state index contributed by atoms with van der Waals surface area (Å²) < 4.78 is 45.0. The van der Waals surface area contributed by atoms with Crippen LogP contribution in [0.25, 0.3) is 0 Å². The molecule has 2 aromatic rings. The lowest BCUT2D eigenvalue weighted by molar-refractivity contribution is 0.390. The predicted octanol–water partition coefficient (Wildman–Crippen LogP) is 1.49. The maximum Gasteiger partial charge on any atom is 0.241 e. The molecule has 0 aliphatic heterocycles. The molecule has 0 saturated carbocycles. The molecule has 0 saturated heterocycles. The van der Waals surface area contributed by atoms with Crippen molar-refractivity contribution in [3.05, 3.63) is 41.0 Å². The number of halogens is 1. The first kappa shape index (κ1) is 14.5. The molecule has 0 radical (unpaired) electrons. The van der Waals surface area contributed by atoms with Crippen molar-refractivity contribution in [2.24, 2.45) is 0 Å². The number of aryl methyl sites for hydroxylation is 1. The lowest BCUT2D eigenvalue weighted by atomic mass is 10.2. The van der Waals surface area contributed by atoms with E-state index in [9.17, 15) is 12.8 Å². The van der Waals surface area contributed by atoms with Crippen LogP contribution in [0.3, 0.4) is 0 Å². The average Bonchev–Trinajstić information content (AvgIpc) is 2.77. The second kappa shape index (κ2) is 5.22. The Bertz CT molecular complexity index is 740. The minimum atomic E-state index is -3.88. The first-order valence-electron chi connectivity index (χ1n) is 5.77. The fraction of sp³-hybridized carbons (Fsp3) is 0.250. The van der Waals surface area contributed by atoms with Crippen LogP contribution in [0.5, 0.6) is 0 Å². The standard InChI is InChI=1S/C12H14FN3O3S/c1-7-3-10(16-19-7)6-15-20(17,18)12-5-9(14)4-11(13)8(12)2/h3-5,15H,6,14H2,1-2H3. The third kappa shape index (κ3) is 2.97. The van der Waals surface area contributed by atoms with Gasteiger partial charge in [-0.1, -0.05) is 5.16 Å². The van der Waals surface area contributed by atoms with Crippen molar-refractivity contribution >= 4 is 15.7 Å². The Kier molecular flexibility index (Phi) is 3.78. The van der Waals surface area contributed by atoms with Crippen molar-refractivity contribution in [2.45, 2.75) is 25.3 Å². The van der Waals surface area contributed by atoms with E-state index in [0.29, 0.717) is 11.5 Å². The number of aromatic nitrogens is 1. The van der Waals surface area contributed by atoms with Crippen LogP contribution in [-0.4, -0.2) is 13.6 Å². The maximum absolute atomic E-state index is 13.5. The topological polar surface area (TPSA) is 98.2 Å². The SMILES string of the molecule is Cc1cc(CNS(=O)(=O)c2cc(N)cc(F)c2C)no1. The molecule has 6 nitrogen and oxygen atoms in total. The van der Waals surface area contributed by atoms with Gasteiger partial charge in [0.25, 0.3) is 0 Å². The summed E-state index contributed by atoms with van der Waals surface area (Å²) in [5, 5.41) is 3.67. The number of hydrogen-bond donors (Lipinski definition) is 2. The highest BCUT2D eigenvalue weighted by Crippen LogP contribution is 2.21. The van der Waals surface area contributed by atoms with Crippen molar-refractivity contribution in [1.82, 2.24) is 9.88 Å². The molecule has 0 spiro atoms. The van der Waals surface area contributed by atoms with Crippen molar-refractivity contribution in [3.63, 3.8) is 0 Å². The van der Waals surface area contributed by atoms with E-state index in [1.54, 1.807) is 13.0 Å². The second-order valence-corrected chi connectivity index (χ2v) is 6.11. The molecule has 1 heterocycles. The monoisotopic (exact) mass is 299 g/mol. The normalized spacial score (nSPS) is 11.8. The molecule has 0 aliphatic rings. The summed E-state index contributed by atoms with van der Waals surface area (Å²) in [4.78, 5) is -0.185. The first-order chi connectivity index (χ1) is 9.29. The maximum atomic E-state index is 13.5. The van der Waals surface area contributed by atoms with Crippen LogP contribution in [0.15, 0.2) is 27.6 Å². The van der Waals surface area contributed by atoms with Gasteiger partial charge in [-0.15, -0.1) is 0 Å². The summed E-state index contributed by atoms with van der Waals surface area (Å²) in [6.45, 7) is 3.03. The van der Waals surface area contributed by atoms with Gasteiger partial charge in [0, 0.05) is 17.3 Å². The van der Waals surface area contributed by atoms with Crippen LogP contribution in [0.2, 0.25) is 0 Å². The Labute approximate surface area is 115 Å². The van der Waals surface area contributed by atoms with E-state index in [1.807, 2.05) is 0 Å². The Balaban J connectivity index is 2.27. The number of rotatable bonds is 4. The van der Waals surface area contributed by atoms with Gasteiger partial charge in [-0.25, -0.2) is 17.5 Å². The predicted molar refractivity (Wildman–Crippen MR) is 70.8 cm³/mol. The zero-order valence-corrected chi connectivity index (χ0v) is 11.8. The average molecular weight is 299 g/mol. The number of nitrogens with one attached hydrogen (secondary N) is 1.